The van der Waals surface area contributed by atoms with E-state index in [0.29, 0.717) is 17.7 Å². The van der Waals surface area contributed by atoms with Gasteiger partial charge in [-0.3, -0.25) is 4.57 Å². The molecule has 0 saturated carbocycles. The second kappa shape index (κ2) is 8.78. The van der Waals surface area contributed by atoms with E-state index in [0.717, 1.165) is 12.8 Å². The van der Waals surface area contributed by atoms with Gasteiger partial charge < -0.3 is 13.8 Å². The molecule has 0 radical (unpaired) electrons. The Morgan fingerprint density at radius 3 is 2.33 bits per heavy atom. The summed E-state index contributed by atoms with van der Waals surface area (Å²) in [4.78, 5) is 12.0. The molecule has 0 N–H and O–H groups in total. The molecule has 0 aromatic heterocycles. The third-order valence-corrected chi connectivity index (χ3v) is 4.44. The molecule has 116 valence electrons. The monoisotopic (exact) mass is 312 g/mol. The van der Waals surface area contributed by atoms with Crippen molar-refractivity contribution < 1.29 is 23.1 Å². The summed E-state index contributed by atoms with van der Waals surface area (Å²) in [6, 6.07) is 8.63. The fraction of sp³-hybridized carbons (Fsp3) is 0.400. The SMILES string of the molecule is CCCC/C(=C/P(=O)(OC)OC)OC(=O)c1ccccc1. The molecule has 0 aliphatic carbocycles. The number of esters is 1. The molecule has 1 aromatic carbocycles. The molecular weight excluding hydrogens is 291 g/mol. The van der Waals surface area contributed by atoms with E-state index in [4.69, 9.17) is 13.8 Å². The Labute approximate surface area is 125 Å². The first kappa shape index (κ1) is 17.6. The van der Waals surface area contributed by atoms with Gasteiger partial charge in [-0.2, -0.15) is 0 Å². The molecule has 5 nitrogen and oxygen atoms in total. The van der Waals surface area contributed by atoms with Crippen molar-refractivity contribution in [2.24, 2.45) is 0 Å². The summed E-state index contributed by atoms with van der Waals surface area (Å²) in [6.07, 6.45) is 2.22. The Hall–Kier alpha value is -1.42. The Balaban J connectivity index is 2.91. The van der Waals surface area contributed by atoms with Crippen LogP contribution in [0.3, 0.4) is 0 Å². The summed E-state index contributed by atoms with van der Waals surface area (Å²) in [5.74, 6) is 1.08. The molecule has 0 aliphatic heterocycles. The normalized spacial score (nSPS) is 12.2. The molecule has 0 fully saturated rings. The number of unbranched alkanes of at least 4 members (excludes halogenated alkanes) is 1. The van der Waals surface area contributed by atoms with Gasteiger partial charge in [0.1, 0.15) is 5.76 Å². The number of carbonyl (C=O) groups is 1. The van der Waals surface area contributed by atoms with Gasteiger partial charge in [0.25, 0.3) is 0 Å². The van der Waals surface area contributed by atoms with Crippen molar-refractivity contribution in [2.45, 2.75) is 26.2 Å². The molecule has 0 heterocycles. The fourth-order valence-electron chi connectivity index (χ4n) is 1.60. The highest BCUT2D eigenvalue weighted by Crippen LogP contribution is 2.49. The first-order valence-corrected chi connectivity index (χ1v) is 8.36. The first-order valence-electron chi connectivity index (χ1n) is 6.74. The number of rotatable bonds is 8. The predicted molar refractivity (Wildman–Crippen MR) is 81.1 cm³/mol. The highest BCUT2D eigenvalue weighted by Gasteiger charge is 2.21. The lowest BCUT2D eigenvalue weighted by Gasteiger charge is -2.13. The molecule has 0 saturated heterocycles. The Morgan fingerprint density at radius 1 is 1.19 bits per heavy atom. The minimum Gasteiger partial charge on any atom is -0.427 e. The van der Waals surface area contributed by atoms with Crippen LogP contribution in [0.4, 0.5) is 0 Å². The topological polar surface area (TPSA) is 61.8 Å². The van der Waals surface area contributed by atoms with Crippen molar-refractivity contribution in [3.63, 3.8) is 0 Å². The molecule has 1 rings (SSSR count). The number of carbonyl (C=O) groups excluding carboxylic acids is 1. The van der Waals surface area contributed by atoms with E-state index in [1.165, 1.54) is 20.0 Å². The fourth-order valence-corrected chi connectivity index (χ4v) is 2.50. The van der Waals surface area contributed by atoms with E-state index in [-0.39, 0.29) is 0 Å². The van der Waals surface area contributed by atoms with Gasteiger partial charge in [0, 0.05) is 20.6 Å². The van der Waals surface area contributed by atoms with Crippen LogP contribution < -0.4 is 0 Å². The molecule has 6 heteroatoms. The van der Waals surface area contributed by atoms with Gasteiger partial charge in [-0.05, 0) is 18.6 Å². The molecule has 1 aromatic rings. The zero-order chi connectivity index (χ0) is 15.7. The van der Waals surface area contributed by atoms with Crippen LogP contribution in [-0.4, -0.2) is 20.2 Å². The van der Waals surface area contributed by atoms with Crippen LogP contribution in [-0.2, 0) is 18.3 Å². The van der Waals surface area contributed by atoms with Crippen LogP contribution in [0.1, 0.15) is 36.5 Å². The van der Waals surface area contributed by atoms with E-state index in [1.54, 1.807) is 24.3 Å². The minimum absolute atomic E-state index is 0.303. The maximum atomic E-state index is 12.1. The lowest BCUT2D eigenvalue weighted by Crippen LogP contribution is -2.05. The summed E-state index contributed by atoms with van der Waals surface area (Å²) >= 11 is 0. The van der Waals surface area contributed by atoms with Gasteiger partial charge in [0.2, 0.25) is 0 Å². The third-order valence-electron chi connectivity index (χ3n) is 2.82. The summed E-state index contributed by atoms with van der Waals surface area (Å²) in [5, 5.41) is 0. The molecule has 0 spiro atoms. The number of ether oxygens (including phenoxy) is 1. The van der Waals surface area contributed by atoms with Gasteiger partial charge in [-0.15, -0.1) is 0 Å². The number of hydrogen-bond donors (Lipinski definition) is 0. The standard InChI is InChI=1S/C15H21O5P/c1-4-5-11-14(12-21(17,18-2)19-3)20-15(16)13-9-7-6-8-10-13/h6-10,12H,4-5,11H2,1-3H3/b14-12-. The van der Waals surface area contributed by atoms with Crippen LogP contribution >= 0.6 is 7.60 Å². The summed E-state index contributed by atoms with van der Waals surface area (Å²) in [5.41, 5.74) is 0.435. The average Bonchev–Trinajstić information content (AvgIpc) is 2.53. The van der Waals surface area contributed by atoms with E-state index in [1.807, 2.05) is 13.0 Å². The molecule has 21 heavy (non-hydrogen) atoms. The van der Waals surface area contributed by atoms with Crippen LogP contribution in [0.2, 0.25) is 0 Å². The van der Waals surface area contributed by atoms with E-state index >= 15 is 0 Å². The molecule has 0 aliphatic rings. The van der Waals surface area contributed by atoms with E-state index in [9.17, 15) is 9.36 Å². The lowest BCUT2D eigenvalue weighted by atomic mass is 10.2. The zero-order valence-electron chi connectivity index (χ0n) is 12.6. The third kappa shape index (κ3) is 5.84. The Morgan fingerprint density at radius 2 is 1.81 bits per heavy atom. The molecule has 0 bridgehead atoms. The summed E-state index contributed by atoms with van der Waals surface area (Å²) in [6.45, 7) is 2.02. The van der Waals surface area contributed by atoms with Crippen molar-refractivity contribution in [1.82, 2.24) is 0 Å². The second-order valence-corrected chi connectivity index (χ2v) is 6.43. The van der Waals surface area contributed by atoms with Gasteiger partial charge in [0.05, 0.1) is 11.4 Å². The highest BCUT2D eigenvalue weighted by atomic mass is 31.2. The van der Waals surface area contributed by atoms with Crippen LogP contribution in [0.15, 0.2) is 41.9 Å². The average molecular weight is 312 g/mol. The van der Waals surface area contributed by atoms with E-state index < -0.39 is 13.6 Å². The summed E-state index contributed by atoms with van der Waals surface area (Å²) in [7, 11) is -0.787. The quantitative estimate of drug-likeness (QED) is 0.405. The first-order chi connectivity index (χ1) is 10.0. The maximum Gasteiger partial charge on any atom is 0.357 e. The Kier molecular flexibility index (Phi) is 7.37. The maximum absolute atomic E-state index is 12.1. The van der Waals surface area contributed by atoms with Crippen LogP contribution in [0.5, 0.6) is 0 Å². The largest absolute Gasteiger partial charge is 0.427 e. The van der Waals surface area contributed by atoms with Gasteiger partial charge in [-0.25, -0.2) is 4.79 Å². The molecule has 0 unspecified atom stereocenters. The van der Waals surface area contributed by atoms with Crippen molar-refractivity contribution >= 4 is 13.6 Å². The van der Waals surface area contributed by atoms with Gasteiger partial charge in [-0.1, -0.05) is 31.5 Å². The van der Waals surface area contributed by atoms with Crippen LogP contribution in [0, 0.1) is 0 Å². The van der Waals surface area contributed by atoms with Gasteiger partial charge in [0.15, 0.2) is 0 Å². The molecular formula is C15H21O5P. The van der Waals surface area contributed by atoms with Crippen molar-refractivity contribution in [2.75, 3.05) is 14.2 Å². The van der Waals surface area contributed by atoms with Crippen molar-refractivity contribution in [3.8, 4) is 0 Å². The number of allylic oxidation sites excluding steroid dienone is 1. The zero-order valence-corrected chi connectivity index (χ0v) is 13.5. The van der Waals surface area contributed by atoms with Crippen molar-refractivity contribution in [1.29, 1.82) is 0 Å². The van der Waals surface area contributed by atoms with Crippen molar-refractivity contribution in [3.05, 3.63) is 47.5 Å². The Bertz CT molecular complexity index is 516. The predicted octanol–water partition coefficient (Wildman–Crippen LogP) is 4.36. The van der Waals surface area contributed by atoms with E-state index in [2.05, 4.69) is 0 Å². The van der Waals surface area contributed by atoms with Gasteiger partial charge >= 0.3 is 13.6 Å². The molecule has 0 amide bonds. The smallest absolute Gasteiger partial charge is 0.357 e. The summed E-state index contributed by atoms with van der Waals surface area (Å²) < 4.78 is 27.2. The number of hydrogen-bond acceptors (Lipinski definition) is 5. The number of benzene rings is 1. The minimum atomic E-state index is -3.36. The lowest BCUT2D eigenvalue weighted by molar-refractivity contribution is 0.0613. The molecule has 0 atom stereocenters. The van der Waals surface area contributed by atoms with Crippen LogP contribution in [0.25, 0.3) is 0 Å². The second-order valence-electron chi connectivity index (χ2n) is 4.36. The highest BCUT2D eigenvalue weighted by molar-refractivity contribution is 7.57.